The third-order valence-corrected chi connectivity index (χ3v) is 7.49. The average molecular weight is 533 g/mol. The maximum Gasteiger partial charge on any atom is 0.301 e. The number of aromatic nitrogens is 1. The summed E-state index contributed by atoms with van der Waals surface area (Å²) in [7, 11) is 0. The summed E-state index contributed by atoms with van der Waals surface area (Å²) in [6.07, 6.45) is 0.832. The van der Waals surface area contributed by atoms with Crippen LogP contribution in [0.1, 0.15) is 41.6 Å². The molecule has 37 heavy (non-hydrogen) atoms. The van der Waals surface area contributed by atoms with Crippen LogP contribution < -0.4 is 9.64 Å². The number of ether oxygens (including phenoxy) is 1. The number of carbonyl (C=O) groups excluding carboxylic acids is 2. The zero-order chi connectivity index (χ0) is 26.3. The number of halogens is 1. The van der Waals surface area contributed by atoms with Crippen LogP contribution >= 0.6 is 22.9 Å². The Labute approximate surface area is 223 Å². The van der Waals surface area contributed by atoms with Gasteiger partial charge in [0.05, 0.1) is 28.4 Å². The van der Waals surface area contributed by atoms with Crippen molar-refractivity contribution < 1.29 is 19.4 Å². The van der Waals surface area contributed by atoms with Gasteiger partial charge < -0.3 is 9.84 Å². The third-order valence-electron chi connectivity index (χ3n) is 6.24. The van der Waals surface area contributed by atoms with E-state index in [1.54, 1.807) is 48.5 Å². The summed E-state index contributed by atoms with van der Waals surface area (Å²) in [5.41, 5.74) is 3.87. The first kappa shape index (κ1) is 25.0. The van der Waals surface area contributed by atoms with Crippen molar-refractivity contribution in [1.82, 2.24) is 4.98 Å². The Balaban J connectivity index is 1.69. The van der Waals surface area contributed by atoms with Crippen molar-refractivity contribution in [3.63, 3.8) is 0 Å². The number of amides is 1. The number of carbonyl (C=O) groups is 2. The molecule has 5 rings (SSSR count). The summed E-state index contributed by atoms with van der Waals surface area (Å²) >= 11 is 7.48. The molecule has 1 unspecified atom stereocenters. The van der Waals surface area contributed by atoms with Gasteiger partial charge in [0.15, 0.2) is 5.13 Å². The number of ketones is 1. The van der Waals surface area contributed by atoms with Gasteiger partial charge in [0.2, 0.25) is 0 Å². The van der Waals surface area contributed by atoms with E-state index in [1.807, 2.05) is 32.9 Å². The lowest BCUT2D eigenvalue weighted by Gasteiger charge is -2.23. The van der Waals surface area contributed by atoms with Crippen molar-refractivity contribution in [2.45, 2.75) is 33.2 Å². The van der Waals surface area contributed by atoms with Gasteiger partial charge in [0.1, 0.15) is 11.5 Å². The van der Waals surface area contributed by atoms with E-state index in [9.17, 15) is 14.7 Å². The molecule has 0 aliphatic carbocycles. The van der Waals surface area contributed by atoms with E-state index in [2.05, 4.69) is 0 Å². The summed E-state index contributed by atoms with van der Waals surface area (Å²) in [4.78, 5) is 33.1. The lowest BCUT2D eigenvalue weighted by Crippen LogP contribution is -2.29. The molecule has 3 aromatic carbocycles. The maximum absolute atomic E-state index is 13.5. The normalized spacial score (nSPS) is 17.1. The molecule has 0 saturated carbocycles. The van der Waals surface area contributed by atoms with E-state index in [4.69, 9.17) is 21.3 Å². The lowest BCUT2D eigenvalue weighted by molar-refractivity contribution is -0.132. The van der Waals surface area contributed by atoms with Crippen LogP contribution in [-0.2, 0) is 9.59 Å². The number of aryl methyl sites for hydroxylation is 2. The first-order valence-electron chi connectivity index (χ1n) is 12.0. The van der Waals surface area contributed by atoms with Gasteiger partial charge in [-0.2, -0.15) is 0 Å². The molecule has 1 aromatic heterocycles. The highest BCUT2D eigenvalue weighted by atomic mass is 35.5. The molecule has 1 aliphatic heterocycles. The molecule has 4 aromatic rings. The van der Waals surface area contributed by atoms with Crippen molar-refractivity contribution in [1.29, 1.82) is 0 Å². The van der Waals surface area contributed by atoms with E-state index in [0.717, 1.165) is 27.8 Å². The van der Waals surface area contributed by atoms with E-state index in [0.29, 0.717) is 33.6 Å². The molecule has 2 heterocycles. The molecular formula is C29H25ClN2O4S. The lowest BCUT2D eigenvalue weighted by atomic mass is 9.95. The van der Waals surface area contributed by atoms with Crippen molar-refractivity contribution in [3.8, 4) is 5.75 Å². The number of Topliss-reactive ketones (excluding diaryl/α,β-unsaturated/α-hetero) is 1. The fourth-order valence-corrected chi connectivity index (χ4v) is 5.86. The van der Waals surface area contributed by atoms with Crippen LogP contribution in [-0.4, -0.2) is 28.4 Å². The molecule has 1 amide bonds. The van der Waals surface area contributed by atoms with Crippen LogP contribution in [0.15, 0.2) is 66.2 Å². The van der Waals surface area contributed by atoms with Gasteiger partial charge in [-0.1, -0.05) is 60.2 Å². The molecule has 6 nitrogen and oxygen atoms in total. The van der Waals surface area contributed by atoms with Gasteiger partial charge in [0, 0.05) is 10.6 Å². The number of hydrogen-bond acceptors (Lipinski definition) is 6. The molecular weight excluding hydrogens is 508 g/mol. The zero-order valence-corrected chi connectivity index (χ0v) is 22.2. The number of rotatable bonds is 6. The number of anilines is 1. The van der Waals surface area contributed by atoms with Crippen molar-refractivity contribution in [3.05, 3.63) is 93.5 Å². The van der Waals surface area contributed by atoms with E-state index in [1.165, 1.54) is 16.2 Å². The fourth-order valence-electron chi connectivity index (χ4n) is 4.56. The Morgan fingerprint density at radius 3 is 2.59 bits per heavy atom. The molecule has 0 spiro atoms. The molecule has 0 bridgehead atoms. The number of aliphatic hydroxyl groups excluding tert-OH is 1. The first-order valence-corrected chi connectivity index (χ1v) is 13.2. The highest BCUT2D eigenvalue weighted by Gasteiger charge is 2.48. The number of aliphatic hydroxyl groups is 1. The smallest absolute Gasteiger partial charge is 0.301 e. The van der Waals surface area contributed by atoms with Crippen molar-refractivity contribution in [2.75, 3.05) is 11.5 Å². The van der Waals surface area contributed by atoms with Gasteiger partial charge >= 0.3 is 5.91 Å². The van der Waals surface area contributed by atoms with Crippen LogP contribution in [0.3, 0.4) is 0 Å². The predicted molar refractivity (Wildman–Crippen MR) is 148 cm³/mol. The van der Waals surface area contributed by atoms with E-state index in [-0.39, 0.29) is 11.3 Å². The summed E-state index contributed by atoms with van der Waals surface area (Å²) in [6.45, 7) is 6.50. The summed E-state index contributed by atoms with van der Waals surface area (Å²) < 4.78 is 6.63. The van der Waals surface area contributed by atoms with E-state index >= 15 is 0 Å². The van der Waals surface area contributed by atoms with Crippen molar-refractivity contribution >= 4 is 55.7 Å². The quantitative estimate of drug-likeness (QED) is 0.164. The van der Waals surface area contributed by atoms with Crippen LogP contribution in [0.4, 0.5) is 5.13 Å². The van der Waals surface area contributed by atoms with Crippen molar-refractivity contribution in [2.24, 2.45) is 0 Å². The minimum absolute atomic E-state index is 0.00729. The van der Waals surface area contributed by atoms with Gasteiger partial charge in [-0.25, -0.2) is 4.98 Å². The third kappa shape index (κ3) is 4.61. The molecule has 0 radical (unpaired) electrons. The molecule has 1 atom stereocenters. The summed E-state index contributed by atoms with van der Waals surface area (Å²) in [5.74, 6) is -1.21. The molecule has 8 heteroatoms. The van der Waals surface area contributed by atoms with Gasteiger partial charge in [0.25, 0.3) is 5.78 Å². The van der Waals surface area contributed by atoms with Crippen LogP contribution in [0.5, 0.6) is 5.75 Å². The summed E-state index contributed by atoms with van der Waals surface area (Å²) in [5, 5.41) is 12.3. The molecule has 1 fully saturated rings. The number of thiazole rings is 1. The number of hydrogen-bond donors (Lipinski definition) is 1. The van der Waals surface area contributed by atoms with Gasteiger partial charge in [-0.15, -0.1) is 0 Å². The second kappa shape index (κ2) is 10.00. The van der Waals surface area contributed by atoms with Gasteiger partial charge in [-0.05, 0) is 67.3 Å². The standard InChI is InChI=1S/C29H25ClN2O4S/c1-4-12-36-21-7-5-6-19(15-21)26(33)23-25(18-8-10-20(30)11-9-18)32(28(35)27(23)34)29-31-24-17(3)13-16(2)14-22(24)37-29/h5-11,13-15,25,33H,4,12H2,1-3H3. The Bertz CT molecular complexity index is 1560. The van der Waals surface area contributed by atoms with Crippen LogP contribution in [0, 0.1) is 13.8 Å². The maximum atomic E-state index is 13.5. The second-order valence-corrected chi connectivity index (χ2v) is 10.5. The first-order chi connectivity index (χ1) is 17.8. The Hall–Kier alpha value is -3.68. The largest absolute Gasteiger partial charge is 0.507 e. The number of nitrogens with zero attached hydrogens (tertiary/aromatic N) is 2. The second-order valence-electron chi connectivity index (χ2n) is 9.02. The Morgan fingerprint density at radius 1 is 1.11 bits per heavy atom. The Kier molecular flexibility index (Phi) is 6.75. The van der Waals surface area contributed by atoms with Crippen LogP contribution in [0.25, 0.3) is 16.0 Å². The predicted octanol–water partition coefficient (Wildman–Crippen LogP) is 6.98. The Morgan fingerprint density at radius 2 is 1.86 bits per heavy atom. The zero-order valence-electron chi connectivity index (χ0n) is 20.6. The summed E-state index contributed by atoms with van der Waals surface area (Å²) in [6, 6.07) is 16.9. The number of fused-ring (bicyclic) bond motifs is 1. The molecule has 1 saturated heterocycles. The topological polar surface area (TPSA) is 79.7 Å². The average Bonchev–Trinajstić information content (AvgIpc) is 3.41. The monoisotopic (exact) mass is 532 g/mol. The van der Waals surface area contributed by atoms with Gasteiger partial charge in [-0.3, -0.25) is 14.5 Å². The highest BCUT2D eigenvalue weighted by Crippen LogP contribution is 2.45. The number of benzene rings is 3. The van der Waals surface area contributed by atoms with E-state index < -0.39 is 17.7 Å². The molecule has 188 valence electrons. The molecule has 1 N–H and O–H groups in total. The highest BCUT2D eigenvalue weighted by molar-refractivity contribution is 7.22. The fraction of sp³-hybridized carbons (Fsp3) is 0.207. The van der Waals surface area contributed by atoms with Crippen LogP contribution in [0.2, 0.25) is 5.02 Å². The minimum atomic E-state index is -0.876. The molecule has 1 aliphatic rings. The minimum Gasteiger partial charge on any atom is -0.507 e. The SMILES string of the molecule is CCCOc1cccc(C(O)=C2C(=O)C(=O)N(c3nc4c(C)cc(C)cc4s3)C2c2ccc(Cl)cc2)c1.